The second-order valence-corrected chi connectivity index (χ2v) is 15.0. The minimum absolute atomic E-state index is 0.105. The summed E-state index contributed by atoms with van der Waals surface area (Å²) < 4.78 is 0. The molecular formula is C42H74N4O4. The van der Waals surface area contributed by atoms with Crippen molar-refractivity contribution >= 4 is 23.6 Å². The molecule has 4 amide bonds. The van der Waals surface area contributed by atoms with Gasteiger partial charge in [0.15, 0.2) is 0 Å². The van der Waals surface area contributed by atoms with E-state index in [0.29, 0.717) is 12.8 Å². The van der Waals surface area contributed by atoms with Gasteiger partial charge in [0.05, 0.1) is 23.2 Å². The predicted molar refractivity (Wildman–Crippen MR) is 208 cm³/mol. The Kier molecular flexibility index (Phi) is 24.6. The number of benzene rings is 1. The molecule has 0 unspecified atom stereocenters. The highest BCUT2D eigenvalue weighted by atomic mass is 16.2. The van der Waals surface area contributed by atoms with E-state index >= 15 is 0 Å². The van der Waals surface area contributed by atoms with E-state index in [4.69, 9.17) is 11.5 Å². The van der Waals surface area contributed by atoms with Gasteiger partial charge < -0.3 is 11.5 Å². The van der Waals surface area contributed by atoms with Gasteiger partial charge in [-0.2, -0.15) is 0 Å². The van der Waals surface area contributed by atoms with Crippen molar-refractivity contribution in [3.05, 3.63) is 35.4 Å². The van der Waals surface area contributed by atoms with Crippen LogP contribution in [0.5, 0.6) is 0 Å². The molecule has 50 heavy (non-hydrogen) atoms. The molecule has 0 spiro atoms. The Labute approximate surface area is 305 Å². The van der Waals surface area contributed by atoms with Crippen LogP contribution in [-0.2, 0) is 9.59 Å². The second kappa shape index (κ2) is 27.1. The van der Waals surface area contributed by atoms with Crippen LogP contribution in [0.1, 0.15) is 191 Å². The largest absolute Gasteiger partial charge is 0.320 e. The summed E-state index contributed by atoms with van der Waals surface area (Å²) in [4.78, 5) is 58.0. The molecule has 1 aromatic rings. The molecule has 0 fully saturated rings. The van der Waals surface area contributed by atoms with Gasteiger partial charge in [-0.1, -0.05) is 169 Å². The zero-order valence-corrected chi connectivity index (χ0v) is 32.9. The number of carbonyl (C=O) groups excluding carboxylic acids is 4. The maximum absolute atomic E-state index is 14.2. The Morgan fingerprint density at radius 3 is 1.00 bits per heavy atom. The highest BCUT2D eigenvalue weighted by molar-refractivity contribution is 6.15. The van der Waals surface area contributed by atoms with E-state index in [2.05, 4.69) is 13.8 Å². The van der Waals surface area contributed by atoms with E-state index in [0.717, 1.165) is 38.5 Å². The number of rotatable bonds is 28. The lowest BCUT2D eigenvalue weighted by Crippen LogP contribution is -2.51. The van der Waals surface area contributed by atoms with Crippen LogP contribution in [0.25, 0.3) is 0 Å². The highest BCUT2D eigenvalue weighted by Crippen LogP contribution is 2.20. The lowest BCUT2D eigenvalue weighted by atomic mass is 9.99. The van der Waals surface area contributed by atoms with E-state index in [1.807, 2.05) is 27.7 Å². The minimum atomic E-state index is -0.844. The zero-order valence-electron chi connectivity index (χ0n) is 32.9. The molecule has 0 bridgehead atoms. The smallest absolute Gasteiger partial charge is 0.261 e. The number of nitrogens with two attached hydrogens (primary N) is 2. The number of amides is 4. The van der Waals surface area contributed by atoms with Gasteiger partial charge in [-0.25, -0.2) is 0 Å². The standard InChI is InChI=1S/C42H74N4O4/c1-7-9-11-13-15-17-19-21-23-27-31-45(41(49)37(43)33(3)4)39(47)35-29-25-26-30-36(35)40(48)46(42(50)38(44)34(5)6)32-28-24-22-20-18-16-14-12-10-8-2/h25-26,29-30,33-34,37-38H,7-24,27-28,31-32,43-44H2,1-6H3/t37-,38-/m0/s1. The third-order valence-corrected chi connectivity index (χ3v) is 9.89. The van der Waals surface area contributed by atoms with Crippen molar-refractivity contribution in [2.24, 2.45) is 23.3 Å². The molecule has 0 heterocycles. The third kappa shape index (κ3) is 17.1. The number of hydrogen-bond donors (Lipinski definition) is 2. The summed E-state index contributed by atoms with van der Waals surface area (Å²) in [6.07, 6.45) is 22.6. The lowest BCUT2D eigenvalue weighted by molar-refractivity contribution is -0.132. The van der Waals surface area contributed by atoms with Crippen molar-refractivity contribution < 1.29 is 19.2 Å². The molecular weight excluding hydrogens is 624 g/mol. The Morgan fingerprint density at radius 2 is 0.740 bits per heavy atom. The topological polar surface area (TPSA) is 127 Å². The maximum Gasteiger partial charge on any atom is 0.261 e. The molecule has 1 aromatic carbocycles. The molecule has 1 rings (SSSR count). The number of carbonyl (C=O) groups is 4. The van der Waals surface area contributed by atoms with Crippen LogP contribution < -0.4 is 11.5 Å². The van der Waals surface area contributed by atoms with Crippen LogP contribution in [0.3, 0.4) is 0 Å². The molecule has 0 aliphatic rings. The second-order valence-electron chi connectivity index (χ2n) is 15.0. The van der Waals surface area contributed by atoms with Gasteiger partial charge >= 0.3 is 0 Å². The SMILES string of the molecule is CCCCCCCCCCCCN(C(=O)c1ccccc1C(=O)N(CCCCCCCCCCCC)C(=O)[C@@H](N)C(C)C)C(=O)[C@@H](N)C(C)C. The molecule has 0 radical (unpaired) electrons. The first-order valence-corrected chi connectivity index (χ1v) is 20.3. The fraction of sp³-hybridized carbons (Fsp3) is 0.762. The molecule has 0 aromatic heterocycles. The van der Waals surface area contributed by atoms with Crippen LogP contribution in [-0.4, -0.2) is 58.6 Å². The molecule has 0 aliphatic carbocycles. The first kappa shape index (κ1) is 45.4. The van der Waals surface area contributed by atoms with E-state index in [1.54, 1.807) is 24.3 Å². The summed E-state index contributed by atoms with van der Waals surface area (Å²) in [6, 6.07) is 4.82. The van der Waals surface area contributed by atoms with Crippen molar-refractivity contribution in [2.75, 3.05) is 13.1 Å². The maximum atomic E-state index is 14.2. The average Bonchev–Trinajstić information content (AvgIpc) is 3.11. The van der Waals surface area contributed by atoms with Crippen LogP contribution in [0.15, 0.2) is 24.3 Å². The van der Waals surface area contributed by atoms with Crippen LogP contribution in [0.4, 0.5) is 0 Å². The van der Waals surface area contributed by atoms with Gasteiger partial charge in [0, 0.05) is 13.1 Å². The first-order valence-electron chi connectivity index (χ1n) is 20.3. The molecule has 286 valence electrons. The third-order valence-electron chi connectivity index (χ3n) is 9.89. The summed E-state index contributed by atoms with van der Waals surface area (Å²) >= 11 is 0. The Morgan fingerprint density at radius 1 is 0.480 bits per heavy atom. The number of imide groups is 2. The first-order chi connectivity index (χ1) is 24.0. The van der Waals surface area contributed by atoms with Crippen molar-refractivity contribution in [1.82, 2.24) is 9.80 Å². The summed E-state index contributed by atoms with van der Waals surface area (Å²) in [5.41, 5.74) is 12.8. The summed E-state index contributed by atoms with van der Waals surface area (Å²) in [7, 11) is 0. The Bertz CT molecular complexity index is 1020. The summed E-state index contributed by atoms with van der Waals surface area (Å²) in [5, 5.41) is 0. The number of hydrogen-bond acceptors (Lipinski definition) is 6. The normalized spacial score (nSPS) is 12.7. The monoisotopic (exact) mass is 699 g/mol. The molecule has 0 aliphatic heterocycles. The lowest BCUT2D eigenvalue weighted by Gasteiger charge is -2.28. The minimum Gasteiger partial charge on any atom is -0.320 e. The van der Waals surface area contributed by atoms with Gasteiger partial charge in [-0.3, -0.25) is 29.0 Å². The molecule has 8 nitrogen and oxygen atoms in total. The van der Waals surface area contributed by atoms with Crippen LogP contribution in [0, 0.1) is 11.8 Å². The van der Waals surface area contributed by atoms with E-state index in [1.165, 1.54) is 86.8 Å². The molecule has 0 saturated carbocycles. The molecule has 2 atom stereocenters. The van der Waals surface area contributed by atoms with Crippen molar-refractivity contribution in [2.45, 2.75) is 182 Å². The van der Waals surface area contributed by atoms with Gasteiger partial charge in [0.1, 0.15) is 0 Å². The van der Waals surface area contributed by atoms with E-state index < -0.39 is 35.7 Å². The van der Waals surface area contributed by atoms with Crippen LogP contribution >= 0.6 is 0 Å². The Hall–Kier alpha value is -2.58. The van der Waals surface area contributed by atoms with Gasteiger partial charge in [-0.05, 0) is 36.8 Å². The highest BCUT2D eigenvalue weighted by Gasteiger charge is 2.34. The molecule has 4 N–H and O–H groups in total. The van der Waals surface area contributed by atoms with Gasteiger partial charge in [0.25, 0.3) is 11.8 Å². The van der Waals surface area contributed by atoms with Crippen molar-refractivity contribution in [1.29, 1.82) is 0 Å². The fourth-order valence-electron chi connectivity index (χ4n) is 6.22. The predicted octanol–water partition coefficient (Wildman–Crippen LogP) is 9.43. The molecule has 0 saturated heterocycles. The molecule has 8 heteroatoms. The number of unbranched alkanes of at least 4 members (excludes halogenated alkanes) is 18. The fourth-order valence-corrected chi connectivity index (χ4v) is 6.22. The average molecular weight is 699 g/mol. The van der Waals surface area contributed by atoms with E-state index in [9.17, 15) is 19.2 Å². The summed E-state index contributed by atoms with van der Waals surface area (Å²) in [5.74, 6) is -2.30. The van der Waals surface area contributed by atoms with E-state index in [-0.39, 0.29) is 36.1 Å². The van der Waals surface area contributed by atoms with Crippen molar-refractivity contribution in [3.8, 4) is 0 Å². The van der Waals surface area contributed by atoms with Gasteiger partial charge in [-0.15, -0.1) is 0 Å². The zero-order chi connectivity index (χ0) is 37.3. The number of nitrogens with zero attached hydrogens (tertiary/aromatic N) is 2. The quantitative estimate of drug-likeness (QED) is 0.0840. The summed E-state index contributed by atoms with van der Waals surface area (Å²) in [6.45, 7) is 12.4. The van der Waals surface area contributed by atoms with Crippen molar-refractivity contribution in [3.63, 3.8) is 0 Å². The van der Waals surface area contributed by atoms with Gasteiger partial charge in [0.2, 0.25) is 11.8 Å². The van der Waals surface area contributed by atoms with Crippen LogP contribution in [0.2, 0.25) is 0 Å². The Balaban J connectivity index is 3.08.